The summed E-state index contributed by atoms with van der Waals surface area (Å²) in [6.45, 7) is 1.95. The van der Waals surface area contributed by atoms with Gasteiger partial charge in [0.05, 0.1) is 6.04 Å². The summed E-state index contributed by atoms with van der Waals surface area (Å²) in [7, 11) is 0. The van der Waals surface area contributed by atoms with Crippen LogP contribution in [0.5, 0.6) is 0 Å². The first-order valence-corrected chi connectivity index (χ1v) is 7.06. The Kier molecular flexibility index (Phi) is 3.06. The number of thiazole rings is 1. The summed E-state index contributed by atoms with van der Waals surface area (Å²) >= 11 is 1.53. The Labute approximate surface area is 111 Å². The lowest BCUT2D eigenvalue weighted by Crippen LogP contribution is -2.31. The fourth-order valence-electron chi connectivity index (χ4n) is 2.38. The molecule has 0 amide bonds. The van der Waals surface area contributed by atoms with Crippen LogP contribution in [0, 0.1) is 6.92 Å². The molecule has 0 aliphatic carbocycles. The molecular formula is C14H16N2OS. The maximum Gasteiger partial charge on any atom is 0.126 e. The molecule has 18 heavy (non-hydrogen) atoms. The molecule has 1 aromatic heterocycles. The van der Waals surface area contributed by atoms with E-state index in [-0.39, 0.29) is 6.04 Å². The van der Waals surface area contributed by atoms with Gasteiger partial charge in [0.1, 0.15) is 11.1 Å². The molecule has 2 heterocycles. The summed E-state index contributed by atoms with van der Waals surface area (Å²) in [5, 5.41) is 16.6. The molecule has 1 aliphatic heterocycles. The van der Waals surface area contributed by atoms with Crippen LogP contribution in [0.25, 0.3) is 0 Å². The second-order valence-electron chi connectivity index (χ2n) is 4.72. The SMILES string of the molecule is Cc1csc(C(O)C2CCc3ccccc3N2)n1. The van der Waals surface area contributed by atoms with Crippen LogP contribution in [-0.2, 0) is 6.42 Å². The maximum absolute atomic E-state index is 10.4. The molecule has 1 aromatic carbocycles. The van der Waals surface area contributed by atoms with Crippen LogP contribution in [0.15, 0.2) is 29.6 Å². The van der Waals surface area contributed by atoms with E-state index in [1.807, 2.05) is 18.4 Å². The van der Waals surface area contributed by atoms with E-state index in [4.69, 9.17) is 0 Å². The molecule has 1 aliphatic rings. The Morgan fingerprint density at radius 1 is 1.44 bits per heavy atom. The van der Waals surface area contributed by atoms with E-state index < -0.39 is 6.10 Å². The Morgan fingerprint density at radius 2 is 2.28 bits per heavy atom. The van der Waals surface area contributed by atoms with Crippen molar-refractivity contribution < 1.29 is 5.11 Å². The van der Waals surface area contributed by atoms with Crippen LogP contribution in [0.3, 0.4) is 0 Å². The number of fused-ring (bicyclic) bond motifs is 1. The zero-order valence-electron chi connectivity index (χ0n) is 10.3. The first-order chi connectivity index (χ1) is 8.74. The average Bonchev–Trinajstić information content (AvgIpc) is 2.84. The normalized spacial score (nSPS) is 20.0. The van der Waals surface area contributed by atoms with Gasteiger partial charge in [-0.05, 0) is 31.4 Å². The minimum absolute atomic E-state index is 0.0606. The quantitative estimate of drug-likeness (QED) is 0.872. The van der Waals surface area contributed by atoms with Gasteiger partial charge in [0, 0.05) is 16.8 Å². The summed E-state index contributed by atoms with van der Waals surface area (Å²) in [5.41, 5.74) is 3.45. The predicted octanol–water partition coefficient (Wildman–Crippen LogP) is 2.91. The highest BCUT2D eigenvalue weighted by Gasteiger charge is 2.26. The van der Waals surface area contributed by atoms with Gasteiger partial charge in [-0.2, -0.15) is 0 Å². The van der Waals surface area contributed by atoms with Gasteiger partial charge in [-0.25, -0.2) is 4.98 Å². The summed E-state index contributed by atoms with van der Waals surface area (Å²) < 4.78 is 0. The Morgan fingerprint density at radius 3 is 3.06 bits per heavy atom. The molecule has 2 N–H and O–H groups in total. The van der Waals surface area contributed by atoms with Crippen molar-refractivity contribution in [1.82, 2.24) is 4.98 Å². The maximum atomic E-state index is 10.4. The minimum atomic E-state index is -0.517. The van der Waals surface area contributed by atoms with Crippen molar-refractivity contribution in [2.75, 3.05) is 5.32 Å². The fourth-order valence-corrected chi connectivity index (χ4v) is 3.22. The number of benzene rings is 1. The molecule has 3 nitrogen and oxygen atoms in total. The molecule has 0 bridgehead atoms. The lowest BCUT2D eigenvalue weighted by molar-refractivity contribution is 0.148. The Hall–Kier alpha value is -1.39. The molecular weight excluding hydrogens is 244 g/mol. The third-order valence-corrected chi connectivity index (χ3v) is 4.39. The number of rotatable bonds is 2. The van der Waals surface area contributed by atoms with Crippen LogP contribution >= 0.6 is 11.3 Å². The van der Waals surface area contributed by atoms with Crippen LogP contribution in [0.2, 0.25) is 0 Å². The van der Waals surface area contributed by atoms with Crippen molar-refractivity contribution >= 4 is 17.0 Å². The number of aliphatic hydroxyl groups is 1. The number of nitrogens with zero attached hydrogens (tertiary/aromatic N) is 1. The van der Waals surface area contributed by atoms with Gasteiger partial charge in [0.2, 0.25) is 0 Å². The van der Waals surface area contributed by atoms with Gasteiger partial charge < -0.3 is 10.4 Å². The van der Waals surface area contributed by atoms with Crippen LogP contribution in [-0.4, -0.2) is 16.1 Å². The third kappa shape index (κ3) is 2.13. The number of nitrogens with one attached hydrogen (secondary N) is 1. The van der Waals surface area contributed by atoms with E-state index in [0.717, 1.165) is 29.2 Å². The number of hydrogen-bond acceptors (Lipinski definition) is 4. The number of para-hydroxylation sites is 1. The van der Waals surface area contributed by atoms with E-state index in [0.29, 0.717) is 0 Å². The van der Waals surface area contributed by atoms with E-state index >= 15 is 0 Å². The highest BCUT2D eigenvalue weighted by atomic mass is 32.1. The number of aromatic nitrogens is 1. The number of hydrogen-bond donors (Lipinski definition) is 2. The number of aliphatic hydroxyl groups excluding tert-OH is 1. The summed E-state index contributed by atoms with van der Waals surface area (Å²) in [4.78, 5) is 4.37. The Balaban J connectivity index is 1.79. The van der Waals surface area contributed by atoms with Crippen molar-refractivity contribution in [1.29, 1.82) is 0 Å². The molecule has 2 unspecified atom stereocenters. The number of anilines is 1. The van der Waals surface area contributed by atoms with E-state index in [1.165, 1.54) is 16.9 Å². The highest BCUT2D eigenvalue weighted by Crippen LogP contribution is 2.31. The topological polar surface area (TPSA) is 45.1 Å². The molecule has 0 saturated heterocycles. The molecule has 4 heteroatoms. The average molecular weight is 260 g/mol. The van der Waals surface area contributed by atoms with Crippen molar-refractivity contribution in [3.8, 4) is 0 Å². The standard InChI is InChI=1S/C14H16N2OS/c1-9-8-18-14(15-9)13(17)12-7-6-10-4-2-3-5-11(10)16-12/h2-5,8,12-13,16-17H,6-7H2,1H3. The molecule has 2 aromatic rings. The number of aryl methyl sites for hydroxylation is 2. The van der Waals surface area contributed by atoms with Gasteiger partial charge in [0.15, 0.2) is 0 Å². The summed E-state index contributed by atoms with van der Waals surface area (Å²) in [6, 6.07) is 8.35. The fraction of sp³-hybridized carbons (Fsp3) is 0.357. The van der Waals surface area contributed by atoms with Crippen molar-refractivity contribution in [2.45, 2.75) is 31.9 Å². The van der Waals surface area contributed by atoms with Crippen molar-refractivity contribution in [3.05, 3.63) is 45.9 Å². The van der Waals surface area contributed by atoms with Gasteiger partial charge in [-0.15, -0.1) is 11.3 Å². The van der Waals surface area contributed by atoms with Crippen molar-refractivity contribution in [3.63, 3.8) is 0 Å². The van der Waals surface area contributed by atoms with Gasteiger partial charge in [0.25, 0.3) is 0 Å². The largest absolute Gasteiger partial charge is 0.384 e. The molecule has 3 rings (SSSR count). The van der Waals surface area contributed by atoms with Crippen LogP contribution in [0.1, 0.15) is 28.8 Å². The first-order valence-electron chi connectivity index (χ1n) is 6.18. The molecule has 0 spiro atoms. The van der Waals surface area contributed by atoms with E-state index in [2.05, 4.69) is 28.5 Å². The molecule has 0 fully saturated rings. The van der Waals surface area contributed by atoms with Crippen LogP contribution in [0.4, 0.5) is 5.69 Å². The first kappa shape index (κ1) is 11.7. The monoisotopic (exact) mass is 260 g/mol. The third-order valence-electron chi connectivity index (χ3n) is 3.35. The highest BCUT2D eigenvalue weighted by molar-refractivity contribution is 7.09. The van der Waals surface area contributed by atoms with Gasteiger partial charge >= 0.3 is 0 Å². The Bertz CT molecular complexity index is 552. The van der Waals surface area contributed by atoms with Gasteiger partial charge in [-0.1, -0.05) is 18.2 Å². The van der Waals surface area contributed by atoms with Crippen molar-refractivity contribution in [2.24, 2.45) is 0 Å². The van der Waals surface area contributed by atoms with Gasteiger partial charge in [-0.3, -0.25) is 0 Å². The summed E-state index contributed by atoms with van der Waals surface area (Å²) in [5.74, 6) is 0. The smallest absolute Gasteiger partial charge is 0.126 e. The minimum Gasteiger partial charge on any atom is -0.384 e. The van der Waals surface area contributed by atoms with E-state index in [9.17, 15) is 5.11 Å². The summed E-state index contributed by atoms with van der Waals surface area (Å²) in [6.07, 6.45) is 1.43. The van der Waals surface area contributed by atoms with E-state index in [1.54, 1.807) is 0 Å². The second kappa shape index (κ2) is 4.71. The molecule has 2 atom stereocenters. The molecule has 0 saturated carbocycles. The molecule has 94 valence electrons. The zero-order chi connectivity index (χ0) is 12.5. The molecule has 0 radical (unpaired) electrons. The lowest BCUT2D eigenvalue weighted by Gasteiger charge is -2.29. The second-order valence-corrected chi connectivity index (χ2v) is 5.61. The lowest BCUT2D eigenvalue weighted by atomic mass is 9.95. The van der Waals surface area contributed by atoms with Crippen LogP contribution < -0.4 is 5.32 Å². The predicted molar refractivity (Wildman–Crippen MR) is 74.0 cm³/mol. The zero-order valence-corrected chi connectivity index (χ0v) is 11.1.